The molecule has 4 aromatic rings. The molecule has 2 aromatic heterocycles. The van der Waals surface area contributed by atoms with Gasteiger partial charge in [0, 0.05) is 22.9 Å². The van der Waals surface area contributed by atoms with Gasteiger partial charge in [0.25, 0.3) is 5.91 Å². The number of H-pyrrole nitrogens is 1. The van der Waals surface area contributed by atoms with Crippen LogP contribution >= 0.6 is 0 Å². The van der Waals surface area contributed by atoms with E-state index in [1.807, 2.05) is 54.6 Å². The maximum absolute atomic E-state index is 12.3. The zero-order valence-electron chi connectivity index (χ0n) is 17.0. The normalized spacial score (nSPS) is 14.5. The fourth-order valence-electron chi connectivity index (χ4n) is 3.67. The molecule has 1 aliphatic heterocycles. The summed E-state index contributed by atoms with van der Waals surface area (Å²) in [5, 5.41) is 6.24. The first-order chi connectivity index (χ1) is 15.2. The minimum Gasteiger partial charge on any atom is -0.474 e. The zero-order valence-corrected chi connectivity index (χ0v) is 17.0. The second kappa shape index (κ2) is 8.57. The van der Waals surface area contributed by atoms with E-state index in [1.165, 1.54) is 0 Å². The smallest absolute Gasteiger partial charge is 0.255 e. The van der Waals surface area contributed by atoms with Crippen molar-refractivity contribution < 1.29 is 9.53 Å². The highest BCUT2D eigenvalue weighted by atomic mass is 16.5. The zero-order chi connectivity index (χ0) is 21.0. The molecule has 1 saturated heterocycles. The molecule has 0 spiro atoms. The first-order valence-electron chi connectivity index (χ1n) is 10.5. The number of carbonyl (C=O) groups is 1. The predicted molar refractivity (Wildman–Crippen MR) is 120 cm³/mol. The highest BCUT2D eigenvalue weighted by Crippen LogP contribution is 2.24. The quantitative estimate of drug-likeness (QED) is 0.460. The summed E-state index contributed by atoms with van der Waals surface area (Å²) in [7, 11) is 0. The summed E-state index contributed by atoms with van der Waals surface area (Å²) in [4.78, 5) is 24.8. The number of nitrogens with one attached hydrogen (secondary N) is 3. The number of pyridine rings is 1. The number of fused-ring (bicyclic) bond motifs is 1. The summed E-state index contributed by atoms with van der Waals surface area (Å²) < 4.78 is 6.02. The van der Waals surface area contributed by atoms with Crippen LogP contribution in [0.25, 0.3) is 22.6 Å². The molecule has 7 nitrogen and oxygen atoms in total. The van der Waals surface area contributed by atoms with Crippen molar-refractivity contribution in [3.05, 3.63) is 72.3 Å². The van der Waals surface area contributed by atoms with Crippen molar-refractivity contribution in [2.75, 3.05) is 18.4 Å². The molecule has 1 aliphatic rings. The van der Waals surface area contributed by atoms with Gasteiger partial charge in [-0.1, -0.05) is 18.2 Å². The lowest BCUT2D eigenvalue weighted by atomic mass is 10.1. The number of hydrogen-bond donors (Lipinski definition) is 3. The van der Waals surface area contributed by atoms with Crippen LogP contribution in [0.3, 0.4) is 0 Å². The number of amides is 1. The van der Waals surface area contributed by atoms with E-state index in [0.29, 0.717) is 17.1 Å². The van der Waals surface area contributed by atoms with Crippen molar-refractivity contribution in [1.29, 1.82) is 0 Å². The molecular weight excluding hydrogens is 390 g/mol. The lowest BCUT2D eigenvalue weighted by molar-refractivity contribution is 0.102. The average molecular weight is 413 g/mol. The molecule has 0 bridgehead atoms. The van der Waals surface area contributed by atoms with Crippen LogP contribution in [-0.2, 0) is 0 Å². The predicted octanol–water partition coefficient (Wildman–Crippen LogP) is 4.01. The van der Waals surface area contributed by atoms with Crippen molar-refractivity contribution in [3.8, 4) is 17.3 Å². The highest BCUT2D eigenvalue weighted by Gasteiger charge is 2.16. The van der Waals surface area contributed by atoms with Crippen LogP contribution < -0.4 is 15.4 Å². The number of imidazole rings is 1. The maximum atomic E-state index is 12.3. The monoisotopic (exact) mass is 413 g/mol. The standard InChI is InChI=1S/C24H23N5O2/c30-24(17-4-2-1-3-5-17)26-18-8-6-16(7-9-18)22-27-20-10-11-21(28-23(20)29-22)31-19-12-14-25-15-13-19/h1-11,19,25H,12-15H2,(H,26,30)(H,27,28,29). The summed E-state index contributed by atoms with van der Waals surface area (Å²) in [5.41, 5.74) is 3.75. The minimum absolute atomic E-state index is 0.137. The van der Waals surface area contributed by atoms with Crippen molar-refractivity contribution in [3.63, 3.8) is 0 Å². The van der Waals surface area contributed by atoms with E-state index in [4.69, 9.17) is 4.74 Å². The average Bonchev–Trinajstić information content (AvgIpc) is 3.24. The number of anilines is 1. The van der Waals surface area contributed by atoms with Gasteiger partial charge in [0.15, 0.2) is 5.65 Å². The summed E-state index contributed by atoms with van der Waals surface area (Å²) in [6.45, 7) is 1.95. The Labute approximate surface area is 179 Å². The topological polar surface area (TPSA) is 91.9 Å². The fraction of sp³-hybridized carbons (Fsp3) is 0.208. The number of piperidine rings is 1. The van der Waals surface area contributed by atoms with Gasteiger partial charge in [-0.05, 0) is 68.4 Å². The Kier molecular flexibility index (Phi) is 5.33. The number of ether oxygens (including phenoxy) is 1. The van der Waals surface area contributed by atoms with Crippen molar-refractivity contribution in [2.24, 2.45) is 0 Å². The first-order valence-corrected chi connectivity index (χ1v) is 10.5. The van der Waals surface area contributed by atoms with E-state index in [0.717, 1.165) is 48.5 Å². The molecule has 0 atom stereocenters. The summed E-state index contributed by atoms with van der Waals surface area (Å²) in [6.07, 6.45) is 2.17. The lowest BCUT2D eigenvalue weighted by Crippen LogP contribution is -2.34. The number of rotatable bonds is 5. The van der Waals surface area contributed by atoms with Crippen molar-refractivity contribution in [1.82, 2.24) is 20.3 Å². The Morgan fingerprint density at radius 1 is 0.935 bits per heavy atom. The third-order valence-corrected chi connectivity index (χ3v) is 5.35. The van der Waals surface area contributed by atoms with E-state index in [9.17, 15) is 4.79 Å². The Morgan fingerprint density at radius 2 is 1.71 bits per heavy atom. The number of aromatic nitrogens is 3. The van der Waals surface area contributed by atoms with Gasteiger partial charge in [0.2, 0.25) is 5.88 Å². The molecule has 7 heteroatoms. The van der Waals surface area contributed by atoms with E-state index in [-0.39, 0.29) is 12.0 Å². The third-order valence-electron chi connectivity index (χ3n) is 5.35. The molecule has 0 unspecified atom stereocenters. The second-order valence-electron chi connectivity index (χ2n) is 7.57. The second-order valence-corrected chi connectivity index (χ2v) is 7.57. The van der Waals surface area contributed by atoms with Crippen LogP contribution in [0.15, 0.2) is 66.7 Å². The summed E-state index contributed by atoms with van der Waals surface area (Å²) in [5.74, 6) is 1.20. The molecule has 3 N–H and O–H groups in total. The minimum atomic E-state index is -0.137. The molecule has 3 heterocycles. The van der Waals surface area contributed by atoms with Gasteiger partial charge in [-0.25, -0.2) is 4.98 Å². The number of aromatic amines is 1. The van der Waals surface area contributed by atoms with Crippen LogP contribution in [0.5, 0.6) is 5.88 Å². The summed E-state index contributed by atoms with van der Waals surface area (Å²) in [6, 6.07) is 20.5. The number of carbonyl (C=O) groups excluding carboxylic acids is 1. The highest BCUT2D eigenvalue weighted by molar-refractivity contribution is 6.04. The molecule has 0 aliphatic carbocycles. The SMILES string of the molecule is O=C(Nc1ccc(-c2nc3nc(OC4CCNCC4)ccc3[nH]2)cc1)c1ccccc1. The van der Waals surface area contributed by atoms with E-state index >= 15 is 0 Å². The largest absolute Gasteiger partial charge is 0.474 e. The van der Waals surface area contributed by atoms with Gasteiger partial charge in [0.1, 0.15) is 11.9 Å². The summed E-state index contributed by atoms with van der Waals surface area (Å²) >= 11 is 0. The van der Waals surface area contributed by atoms with Crippen LogP contribution in [0.4, 0.5) is 5.69 Å². The molecule has 0 saturated carbocycles. The van der Waals surface area contributed by atoms with Crippen LogP contribution in [0.1, 0.15) is 23.2 Å². The number of nitrogens with zero attached hydrogens (tertiary/aromatic N) is 2. The maximum Gasteiger partial charge on any atom is 0.255 e. The Morgan fingerprint density at radius 3 is 2.48 bits per heavy atom. The lowest BCUT2D eigenvalue weighted by Gasteiger charge is -2.23. The van der Waals surface area contributed by atoms with E-state index in [2.05, 4.69) is 25.6 Å². The van der Waals surface area contributed by atoms with Crippen LogP contribution in [0.2, 0.25) is 0 Å². The molecule has 156 valence electrons. The Hall–Kier alpha value is -3.71. The number of hydrogen-bond acceptors (Lipinski definition) is 5. The third kappa shape index (κ3) is 4.41. The molecule has 31 heavy (non-hydrogen) atoms. The van der Waals surface area contributed by atoms with E-state index < -0.39 is 0 Å². The Balaban J connectivity index is 1.30. The van der Waals surface area contributed by atoms with Gasteiger partial charge in [0.05, 0.1) is 5.52 Å². The fourth-order valence-corrected chi connectivity index (χ4v) is 3.67. The van der Waals surface area contributed by atoms with E-state index in [1.54, 1.807) is 12.1 Å². The van der Waals surface area contributed by atoms with Crippen LogP contribution in [-0.4, -0.2) is 40.1 Å². The Bertz CT molecular complexity index is 1180. The molecule has 1 amide bonds. The molecule has 2 aromatic carbocycles. The molecule has 1 fully saturated rings. The van der Waals surface area contributed by atoms with Crippen molar-refractivity contribution >= 4 is 22.8 Å². The molecule has 5 rings (SSSR count). The van der Waals surface area contributed by atoms with Gasteiger partial charge >= 0.3 is 0 Å². The first kappa shape index (κ1) is 19.3. The van der Waals surface area contributed by atoms with Crippen LogP contribution in [0, 0.1) is 0 Å². The number of benzene rings is 2. The van der Waals surface area contributed by atoms with Gasteiger partial charge < -0.3 is 20.4 Å². The van der Waals surface area contributed by atoms with Gasteiger partial charge in [-0.2, -0.15) is 4.98 Å². The van der Waals surface area contributed by atoms with Gasteiger partial charge in [-0.15, -0.1) is 0 Å². The van der Waals surface area contributed by atoms with Gasteiger partial charge in [-0.3, -0.25) is 4.79 Å². The van der Waals surface area contributed by atoms with Crippen molar-refractivity contribution in [2.45, 2.75) is 18.9 Å². The molecular formula is C24H23N5O2. The molecule has 0 radical (unpaired) electrons.